The fourth-order valence-corrected chi connectivity index (χ4v) is 5.98. The second-order valence-electron chi connectivity index (χ2n) is 8.21. The van der Waals surface area contributed by atoms with E-state index in [1.54, 1.807) is 4.57 Å². The molecule has 0 bridgehead atoms. The molecule has 0 amide bonds. The number of aliphatic hydroxyl groups is 3. The third kappa shape index (κ3) is 3.87. The zero-order valence-electron chi connectivity index (χ0n) is 17.7. The second-order valence-corrected chi connectivity index (χ2v) is 9.93. The average molecular weight is 493 g/mol. The van der Waals surface area contributed by atoms with Gasteiger partial charge in [-0.3, -0.25) is 9.47 Å². The van der Waals surface area contributed by atoms with Crippen LogP contribution in [0.25, 0.3) is 11.2 Å². The predicted octanol–water partition coefficient (Wildman–Crippen LogP) is 1.04. The van der Waals surface area contributed by atoms with E-state index in [0.29, 0.717) is 23.9 Å². The number of nitrogens with zero attached hydrogens (tertiary/aromatic N) is 5. The molecular weight excluding hydrogens is 468 g/mol. The molecular formula is C21H25ClN6O4S. The van der Waals surface area contributed by atoms with Gasteiger partial charge in [0.25, 0.3) is 0 Å². The van der Waals surface area contributed by atoms with Crippen LogP contribution in [0.3, 0.4) is 0 Å². The van der Waals surface area contributed by atoms with Crippen LogP contribution < -0.4 is 5.73 Å². The standard InChI is InChI=1S/C21H25ClN6O4S/c22-20-25-18(23)15-19(26-20)28(11-24-15)21(17(31)16(30)14(10-29)32-21)27-8-6-13(7-9-27)33-12-4-2-1-3-5-12/h1-5,11,13-14,16-17,29-31H,6-10H2,(H2,23,25,26)/t14-,16-,17-,21+/m1/s1. The van der Waals surface area contributed by atoms with Crippen molar-refractivity contribution in [2.75, 3.05) is 25.4 Å². The number of fused-ring (bicyclic) bond motifs is 1. The molecule has 176 valence electrons. The van der Waals surface area contributed by atoms with Gasteiger partial charge in [-0.25, -0.2) is 4.98 Å². The van der Waals surface area contributed by atoms with E-state index in [1.165, 1.54) is 11.2 Å². The van der Waals surface area contributed by atoms with Crippen LogP contribution in [0.1, 0.15) is 12.8 Å². The zero-order valence-corrected chi connectivity index (χ0v) is 19.2. The molecule has 2 aromatic heterocycles. The van der Waals surface area contributed by atoms with Gasteiger partial charge in [-0.15, -0.1) is 11.8 Å². The lowest BCUT2D eigenvalue weighted by atomic mass is 10.0. The molecule has 0 spiro atoms. The first-order chi connectivity index (χ1) is 15.9. The Labute approximate surface area is 199 Å². The van der Waals surface area contributed by atoms with Crippen molar-refractivity contribution in [1.82, 2.24) is 24.4 Å². The number of nitrogen functional groups attached to an aromatic ring is 1. The Hall–Kier alpha value is -1.99. The molecule has 2 fully saturated rings. The van der Waals surface area contributed by atoms with Gasteiger partial charge in [-0.2, -0.15) is 9.97 Å². The molecule has 5 rings (SSSR count). The highest BCUT2D eigenvalue weighted by molar-refractivity contribution is 8.00. The summed E-state index contributed by atoms with van der Waals surface area (Å²) in [6.45, 7) is 0.714. The molecule has 4 atom stereocenters. The topological polar surface area (TPSA) is 143 Å². The highest BCUT2D eigenvalue weighted by atomic mass is 35.5. The summed E-state index contributed by atoms with van der Waals surface area (Å²) < 4.78 is 7.74. The summed E-state index contributed by atoms with van der Waals surface area (Å²) in [6.07, 6.45) is -0.543. The highest BCUT2D eigenvalue weighted by Crippen LogP contribution is 2.43. The molecule has 2 aliphatic rings. The van der Waals surface area contributed by atoms with Crippen molar-refractivity contribution in [2.24, 2.45) is 0 Å². The molecule has 3 aromatic rings. The Morgan fingerprint density at radius 1 is 1.18 bits per heavy atom. The largest absolute Gasteiger partial charge is 0.394 e. The van der Waals surface area contributed by atoms with E-state index in [2.05, 4.69) is 27.1 Å². The van der Waals surface area contributed by atoms with Gasteiger partial charge in [0.1, 0.15) is 30.2 Å². The number of imidazole rings is 1. The summed E-state index contributed by atoms with van der Waals surface area (Å²) >= 11 is 7.88. The number of likely N-dealkylation sites (tertiary alicyclic amines) is 1. The molecule has 0 aliphatic carbocycles. The summed E-state index contributed by atoms with van der Waals surface area (Å²) in [4.78, 5) is 15.7. The third-order valence-electron chi connectivity index (χ3n) is 6.28. The fraction of sp³-hybridized carbons (Fsp3) is 0.476. The molecule has 2 aliphatic heterocycles. The summed E-state index contributed by atoms with van der Waals surface area (Å²) in [5, 5.41) is 32.0. The van der Waals surface area contributed by atoms with Gasteiger partial charge in [0.2, 0.25) is 11.1 Å². The second kappa shape index (κ2) is 8.99. The Morgan fingerprint density at radius 3 is 2.58 bits per heavy atom. The maximum absolute atomic E-state index is 11.2. The third-order valence-corrected chi connectivity index (χ3v) is 7.79. The van der Waals surface area contributed by atoms with Crippen molar-refractivity contribution in [3.05, 3.63) is 41.9 Å². The lowest BCUT2D eigenvalue weighted by molar-refractivity contribution is -0.245. The highest BCUT2D eigenvalue weighted by Gasteiger charge is 2.59. The van der Waals surface area contributed by atoms with Crippen LogP contribution in [-0.2, 0) is 10.6 Å². The molecule has 10 nitrogen and oxygen atoms in total. The van der Waals surface area contributed by atoms with Gasteiger partial charge >= 0.3 is 0 Å². The smallest absolute Gasteiger partial charge is 0.237 e. The summed E-state index contributed by atoms with van der Waals surface area (Å²) in [6, 6.07) is 10.2. The van der Waals surface area contributed by atoms with Crippen LogP contribution in [0.15, 0.2) is 41.6 Å². The van der Waals surface area contributed by atoms with E-state index in [4.69, 9.17) is 22.1 Å². The lowest BCUT2D eigenvalue weighted by Crippen LogP contribution is -2.60. The van der Waals surface area contributed by atoms with Crippen molar-refractivity contribution in [1.29, 1.82) is 0 Å². The molecule has 12 heteroatoms. The Morgan fingerprint density at radius 2 is 1.91 bits per heavy atom. The molecule has 0 radical (unpaired) electrons. The number of hydrogen-bond donors (Lipinski definition) is 4. The van der Waals surface area contributed by atoms with Crippen molar-refractivity contribution in [3.8, 4) is 0 Å². The number of rotatable bonds is 5. The van der Waals surface area contributed by atoms with Crippen LogP contribution >= 0.6 is 23.4 Å². The van der Waals surface area contributed by atoms with E-state index in [-0.39, 0.29) is 16.7 Å². The molecule has 1 aromatic carbocycles. The quantitative estimate of drug-likeness (QED) is 0.381. The van der Waals surface area contributed by atoms with E-state index < -0.39 is 30.8 Å². The number of thioether (sulfide) groups is 1. The van der Waals surface area contributed by atoms with Crippen molar-refractivity contribution in [2.45, 2.75) is 47.1 Å². The Bertz CT molecular complexity index is 1130. The normalized spacial score (nSPS) is 29.2. The van der Waals surface area contributed by atoms with Gasteiger partial charge in [0, 0.05) is 23.2 Å². The maximum atomic E-state index is 11.2. The van der Waals surface area contributed by atoms with Crippen LogP contribution in [0, 0.1) is 0 Å². The minimum absolute atomic E-state index is 0.0680. The SMILES string of the molecule is Nc1nc(Cl)nc2c1ncn2[C@]1(N2CCC(Sc3ccccc3)CC2)O[C@H](CO)[C@@H](O)[C@H]1O. The number of aliphatic hydroxyl groups excluding tert-OH is 3. The number of anilines is 1. The van der Waals surface area contributed by atoms with Gasteiger partial charge < -0.3 is 25.8 Å². The molecule has 5 N–H and O–H groups in total. The van der Waals surface area contributed by atoms with Crippen molar-refractivity contribution < 1.29 is 20.1 Å². The summed E-state index contributed by atoms with van der Waals surface area (Å²) in [7, 11) is 0. The van der Waals surface area contributed by atoms with E-state index in [1.807, 2.05) is 34.9 Å². The average Bonchev–Trinajstić information content (AvgIpc) is 3.35. The number of halogens is 1. The number of hydrogen-bond acceptors (Lipinski definition) is 10. The number of piperidine rings is 1. The van der Waals surface area contributed by atoms with Crippen LogP contribution in [0.2, 0.25) is 5.28 Å². The predicted molar refractivity (Wildman–Crippen MR) is 124 cm³/mol. The summed E-state index contributed by atoms with van der Waals surface area (Å²) in [5.41, 5.74) is 6.56. The van der Waals surface area contributed by atoms with Crippen LogP contribution in [0.4, 0.5) is 5.82 Å². The van der Waals surface area contributed by atoms with E-state index >= 15 is 0 Å². The first-order valence-electron chi connectivity index (χ1n) is 10.7. The lowest BCUT2D eigenvalue weighted by Gasteiger charge is -2.46. The Kier molecular flexibility index (Phi) is 6.21. The minimum Gasteiger partial charge on any atom is -0.394 e. The first kappa shape index (κ1) is 22.8. The zero-order chi connectivity index (χ0) is 23.2. The number of aromatic nitrogens is 4. The molecule has 0 unspecified atom stereocenters. The van der Waals surface area contributed by atoms with Crippen LogP contribution in [0.5, 0.6) is 0 Å². The molecule has 33 heavy (non-hydrogen) atoms. The van der Waals surface area contributed by atoms with Crippen LogP contribution in [-0.4, -0.2) is 83.0 Å². The monoisotopic (exact) mass is 492 g/mol. The minimum atomic E-state index is -1.53. The van der Waals surface area contributed by atoms with Gasteiger partial charge in [-0.1, -0.05) is 18.2 Å². The van der Waals surface area contributed by atoms with Gasteiger partial charge in [-0.05, 0) is 36.6 Å². The number of benzene rings is 1. The first-order valence-corrected chi connectivity index (χ1v) is 12.0. The fourth-order valence-electron chi connectivity index (χ4n) is 4.66. The van der Waals surface area contributed by atoms with Crippen molar-refractivity contribution >= 4 is 40.3 Å². The Balaban J connectivity index is 1.49. The number of ether oxygens (including phenoxy) is 1. The summed E-state index contributed by atoms with van der Waals surface area (Å²) in [5.74, 6) is -1.43. The van der Waals surface area contributed by atoms with E-state index in [0.717, 1.165) is 12.8 Å². The molecule has 0 saturated carbocycles. The van der Waals surface area contributed by atoms with Gasteiger partial charge in [0.05, 0.1) is 6.61 Å². The van der Waals surface area contributed by atoms with Gasteiger partial charge in [0.15, 0.2) is 11.5 Å². The molecule has 2 saturated heterocycles. The molecule has 4 heterocycles. The van der Waals surface area contributed by atoms with Crippen molar-refractivity contribution in [3.63, 3.8) is 0 Å². The maximum Gasteiger partial charge on any atom is 0.237 e. The number of nitrogens with two attached hydrogens (primary N) is 1. The van der Waals surface area contributed by atoms with E-state index in [9.17, 15) is 15.3 Å².